The van der Waals surface area contributed by atoms with E-state index in [2.05, 4.69) is 20.9 Å². The average molecular weight is 283 g/mol. The summed E-state index contributed by atoms with van der Waals surface area (Å²) in [7, 11) is 3.72. The number of hydrogen-bond donors (Lipinski definition) is 3. The van der Waals surface area contributed by atoms with Crippen LogP contribution < -0.4 is 15.5 Å². The van der Waals surface area contributed by atoms with Crippen molar-refractivity contribution in [3.63, 3.8) is 0 Å². The van der Waals surface area contributed by atoms with Gasteiger partial charge in [0.05, 0.1) is 0 Å². The second-order valence-electron chi connectivity index (χ2n) is 4.45. The van der Waals surface area contributed by atoms with E-state index in [1.54, 1.807) is 18.2 Å². The lowest BCUT2D eigenvalue weighted by atomic mass is 10.2. The third-order valence-electron chi connectivity index (χ3n) is 2.79. The van der Waals surface area contributed by atoms with Gasteiger partial charge in [-0.2, -0.15) is 10.5 Å². The first kappa shape index (κ1) is 14.2. The fraction of sp³-hybridized carbons (Fsp3) is 0.231. The van der Waals surface area contributed by atoms with Crippen LogP contribution in [-0.2, 0) is 0 Å². The molecule has 0 bridgehead atoms. The lowest BCUT2D eigenvalue weighted by Gasteiger charge is -2.12. The number of azo groups is 1. The molecule has 2 rings (SSSR count). The minimum Gasteiger partial charge on any atom is -0.506 e. The van der Waals surface area contributed by atoms with Gasteiger partial charge in [0, 0.05) is 25.8 Å². The van der Waals surface area contributed by atoms with Crippen LogP contribution in [0, 0.1) is 22.7 Å². The summed E-state index contributed by atoms with van der Waals surface area (Å²) in [5.41, 5.74) is 1.37. The third-order valence-corrected chi connectivity index (χ3v) is 2.79. The number of anilines is 1. The van der Waals surface area contributed by atoms with Crippen LogP contribution in [0.3, 0.4) is 0 Å². The maximum absolute atomic E-state index is 9.87. The normalized spacial score (nSPS) is 14.5. The van der Waals surface area contributed by atoms with E-state index >= 15 is 0 Å². The molecule has 8 nitrogen and oxygen atoms in total. The first-order valence-corrected chi connectivity index (χ1v) is 6.04. The number of nitriles is 2. The fourth-order valence-electron chi connectivity index (χ4n) is 1.68. The molecule has 0 fully saturated rings. The molecular formula is C13H13N7O. The van der Waals surface area contributed by atoms with Crippen molar-refractivity contribution in [1.82, 2.24) is 10.6 Å². The van der Waals surface area contributed by atoms with Crippen molar-refractivity contribution in [3.05, 3.63) is 29.6 Å². The van der Waals surface area contributed by atoms with Crippen molar-refractivity contribution in [3.8, 4) is 17.9 Å². The van der Waals surface area contributed by atoms with Gasteiger partial charge in [-0.1, -0.05) is 0 Å². The predicted octanol–water partition coefficient (Wildman–Crippen LogP) is 1.28. The minimum absolute atomic E-state index is 0.00285. The standard InChI is InChI=1S/C13H13N7O/c1-20(2)8-3-4-9(12(21)5-8)18-19-13-16-10(6-14)11(7-15)17-13/h3-5,13,16-17,21H,1-2H3. The quantitative estimate of drug-likeness (QED) is 0.719. The molecule has 0 spiro atoms. The first-order chi connectivity index (χ1) is 10.0. The van der Waals surface area contributed by atoms with Gasteiger partial charge in [-0.15, -0.1) is 10.2 Å². The summed E-state index contributed by atoms with van der Waals surface area (Å²) in [5.74, 6) is -0.00285. The van der Waals surface area contributed by atoms with E-state index in [9.17, 15) is 5.11 Å². The second-order valence-corrected chi connectivity index (χ2v) is 4.45. The van der Waals surface area contributed by atoms with E-state index in [4.69, 9.17) is 10.5 Å². The molecule has 1 aliphatic heterocycles. The van der Waals surface area contributed by atoms with Crippen LogP contribution in [0.15, 0.2) is 39.8 Å². The van der Waals surface area contributed by atoms with E-state index in [1.165, 1.54) is 0 Å². The summed E-state index contributed by atoms with van der Waals surface area (Å²) < 4.78 is 0. The molecule has 0 unspecified atom stereocenters. The number of aromatic hydroxyl groups is 1. The molecule has 0 saturated heterocycles. The number of phenolic OH excluding ortho intramolecular Hbond substituents is 1. The molecule has 1 aromatic rings. The van der Waals surface area contributed by atoms with Gasteiger partial charge in [-0.25, -0.2) is 0 Å². The van der Waals surface area contributed by atoms with Crippen LogP contribution in [0.1, 0.15) is 0 Å². The van der Waals surface area contributed by atoms with Gasteiger partial charge < -0.3 is 20.6 Å². The van der Waals surface area contributed by atoms with E-state index in [-0.39, 0.29) is 17.1 Å². The summed E-state index contributed by atoms with van der Waals surface area (Å²) in [6.07, 6.45) is -0.706. The molecule has 21 heavy (non-hydrogen) atoms. The summed E-state index contributed by atoms with van der Waals surface area (Å²) in [4.78, 5) is 1.85. The van der Waals surface area contributed by atoms with E-state index in [0.717, 1.165) is 5.69 Å². The Bertz CT molecular complexity index is 667. The highest BCUT2D eigenvalue weighted by molar-refractivity contribution is 5.60. The Morgan fingerprint density at radius 3 is 2.29 bits per heavy atom. The van der Waals surface area contributed by atoms with Crippen molar-refractivity contribution in [2.75, 3.05) is 19.0 Å². The molecule has 0 atom stereocenters. The Hall–Kier alpha value is -3.26. The van der Waals surface area contributed by atoms with Gasteiger partial charge in [0.15, 0.2) is 11.4 Å². The number of hydrogen-bond acceptors (Lipinski definition) is 8. The smallest absolute Gasteiger partial charge is 0.215 e. The Labute approximate surface area is 121 Å². The zero-order valence-corrected chi connectivity index (χ0v) is 11.5. The molecule has 8 heteroatoms. The van der Waals surface area contributed by atoms with Crippen molar-refractivity contribution < 1.29 is 5.11 Å². The number of allylic oxidation sites excluding steroid dienone is 2. The monoisotopic (exact) mass is 283 g/mol. The molecule has 1 heterocycles. The van der Waals surface area contributed by atoms with Crippen LogP contribution in [0.5, 0.6) is 5.75 Å². The number of rotatable bonds is 3. The molecule has 0 amide bonds. The highest BCUT2D eigenvalue weighted by Crippen LogP contribution is 2.30. The van der Waals surface area contributed by atoms with Crippen LogP contribution in [-0.4, -0.2) is 25.5 Å². The van der Waals surface area contributed by atoms with Crippen LogP contribution >= 0.6 is 0 Å². The van der Waals surface area contributed by atoms with Crippen molar-refractivity contribution in [2.24, 2.45) is 10.2 Å². The van der Waals surface area contributed by atoms with Crippen LogP contribution in [0.2, 0.25) is 0 Å². The first-order valence-electron chi connectivity index (χ1n) is 6.04. The van der Waals surface area contributed by atoms with Gasteiger partial charge in [-0.05, 0) is 12.1 Å². The fourth-order valence-corrected chi connectivity index (χ4v) is 1.68. The number of benzene rings is 1. The summed E-state index contributed by atoms with van der Waals surface area (Å²) in [6.45, 7) is 0. The summed E-state index contributed by atoms with van der Waals surface area (Å²) >= 11 is 0. The van der Waals surface area contributed by atoms with Gasteiger partial charge in [0.2, 0.25) is 6.29 Å². The van der Waals surface area contributed by atoms with Crippen LogP contribution in [0.25, 0.3) is 0 Å². The van der Waals surface area contributed by atoms with Gasteiger partial charge in [0.1, 0.15) is 23.6 Å². The summed E-state index contributed by atoms with van der Waals surface area (Å²) in [6, 6.07) is 8.70. The maximum Gasteiger partial charge on any atom is 0.215 e. The number of nitrogens with zero attached hydrogens (tertiary/aromatic N) is 5. The molecule has 1 aromatic carbocycles. The average Bonchev–Trinajstić information content (AvgIpc) is 2.88. The molecule has 0 aromatic heterocycles. The Balaban J connectivity index is 2.11. The van der Waals surface area contributed by atoms with E-state index in [1.807, 2.05) is 31.1 Å². The second kappa shape index (κ2) is 5.80. The zero-order chi connectivity index (χ0) is 15.4. The minimum atomic E-state index is -0.706. The Morgan fingerprint density at radius 1 is 1.19 bits per heavy atom. The van der Waals surface area contributed by atoms with Crippen molar-refractivity contribution in [2.45, 2.75) is 6.29 Å². The highest BCUT2D eigenvalue weighted by atomic mass is 16.3. The largest absolute Gasteiger partial charge is 0.506 e. The van der Waals surface area contributed by atoms with Gasteiger partial charge >= 0.3 is 0 Å². The number of phenols is 1. The summed E-state index contributed by atoms with van der Waals surface area (Å²) in [5, 5.41) is 40.7. The molecule has 0 radical (unpaired) electrons. The molecule has 106 valence electrons. The van der Waals surface area contributed by atoms with Crippen LogP contribution in [0.4, 0.5) is 11.4 Å². The SMILES string of the molecule is CN(C)c1ccc(N=NC2NC(C#N)=C(C#N)N2)c(O)c1. The molecule has 0 saturated carbocycles. The van der Waals surface area contributed by atoms with Crippen molar-refractivity contribution >= 4 is 11.4 Å². The zero-order valence-electron chi connectivity index (χ0n) is 11.5. The Kier molecular flexibility index (Phi) is 3.91. The van der Waals surface area contributed by atoms with Crippen molar-refractivity contribution in [1.29, 1.82) is 10.5 Å². The molecular weight excluding hydrogens is 270 g/mol. The molecule has 0 aliphatic carbocycles. The maximum atomic E-state index is 9.87. The van der Waals surface area contributed by atoms with Gasteiger partial charge in [0.25, 0.3) is 0 Å². The third kappa shape index (κ3) is 3.01. The van der Waals surface area contributed by atoms with E-state index in [0.29, 0.717) is 5.69 Å². The topological polar surface area (TPSA) is 120 Å². The van der Waals surface area contributed by atoms with Gasteiger partial charge in [-0.3, -0.25) is 0 Å². The lowest BCUT2D eigenvalue weighted by Crippen LogP contribution is -2.30. The predicted molar refractivity (Wildman–Crippen MR) is 75.3 cm³/mol. The Morgan fingerprint density at radius 2 is 1.81 bits per heavy atom. The molecule has 3 N–H and O–H groups in total. The molecule has 1 aliphatic rings. The van der Waals surface area contributed by atoms with E-state index < -0.39 is 6.29 Å². The highest BCUT2D eigenvalue weighted by Gasteiger charge is 2.21. The number of nitrogens with one attached hydrogen (secondary N) is 2. The lowest BCUT2D eigenvalue weighted by molar-refractivity contribution is 0.475.